The van der Waals surface area contributed by atoms with Gasteiger partial charge in [0.2, 0.25) is 0 Å². The number of dihydropyridines is 1. The molecule has 0 aromatic heterocycles. The van der Waals surface area contributed by atoms with Gasteiger partial charge in [0.05, 0.1) is 0 Å². The Morgan fingerprint density at radius 2 is 1.60 bits per heavy atom. The van der Waals surface area contributed by atoms with Gasteiger partial charge < -0.3 is 11.5 Å². The largest absolute Gasteiger partial charge is 2.00 e. The maximum Gasteiger partial charge on any atom is 2.00 e. The summed E-state index contributed by atoms with van der Waals surface area (Å²) in [5, 5.41) is 4.27. The van der Waals surface area contributed by atoms with Gasteiger partial charge in [-0.25, -0.2) is 0 Å². The van der Waals surface area contributed by atoms with Gasteiger partial charge in [0, 0.05) is 17.9 Å². The molecule has 0 saturated carbocycles. The molecule has 1 aliphatic heterocycles. The van der Waals surface area contributed by atoms with Crippen LogP contribution in [-0.2, 0) is 24.3 Å². The molecule has 1 N–H and O–H groups in total. The molecule has 0 unspecified atom stereocenters. The van der Waals surface area contributed by atoms with Gasteiger partial charge >= 0.3 is 19.5 Å². The van der Waals surface area contributed by atoms with Gasteiger partial charge in [-0.05, 0) is 41.4 Å². The van der Waals surface area contributed by atoms with Gasteiger partial charge in [0.15, 0.2) is 0 Å². The minimum atomic E-state index is -0.229. The fourth-order valence-electron chi connectivity index (χ4n) is 2.92. The van der Waals surface area contributed by atoms with E-state index in [1.807, 2.05) is 6.79 Å². The summed E-state index contributed by atoms with van der Waals surface area (Å²) in [6.45, 7) is 23.8. The van der Waals surface area contributed by atoms with E-state index in [9.17, 15) is 0 Å². The molecule has 0 fully saturated rings. The van der Waals surface area contributed by atoms with Crippen molar-refractivity contribution in [1.29, 1.82) is 0 Å². The van der Waals surface area contributed by atoms with Crippen molar-refractivity contribution in [3.63, 3.8) is 0 Å². The fraction of sp³-hybridized carbons (Fsp3) is 0.650. The monoisotopic (exact) mass is 455 g/mol. The van der Waals surface area contributed by atoms with Crippen molar-refractivity contribution in [3.8, 4) is 0 Å². The summed E-state index contributed by atoms with van der Waals surface area (Å²) in [5.74, 6) is 2.49. The molecule has 25 heavy (non-hydrogen) atoms. The van der Waals surface area contributed by atoms with E-state index in [2.05, 4.69) is 89.7 Å². The number of hydrogen-bond acceptors (Lipinski definition) is 3. The summed E-state index contributed by atoms with van der Waals surface area (Å²) in [6, 6.07) is 0. The Bertz CT molecular complexity index is 461. The summed E-state index contributed by atoms with van der Waals surface area (Å²) in [7, 11) is -0.229. The normalized spacial score (nSPS) is 16.1. The third-order valence-corrected chi connectivity index (χ3v) is 7.31. The van der Waals surface area contributed by atoms with E-state index in [0.29, 0.717) is 10.3 Å². The van der Waals surface area contributed by atoms with Crippen molar-refractivity contribution in [2.75, 3.05) is 19.6 Å². The first-order valence-corrected chi connectivity index (χ1v) is 10.2. The Balaban J connectivity index is -0.00000127. The fourth-order valence-corrected chi connectivity index (χ4v) is 6.14. The number of carbonyl (C=O) groups excluding carboxylic acids is 1. The van der Waals surface area contributed by atoms with E-state index in [1.54, 1.807) is 0 Å². The smallest absolute Gasteiger partial charge is 1.00 e. The second-order valence-electron chi connectivity index (χ2n) is 7.93. The van der Waals surface area contributed by atoms with Crippen LogP contribution in [0.2, 0.25) is 0 Å². The minimum Gasteiger partial charge on any atom is -1.00 e. The van der Waals surface area contributed by atoms with Crippen LogP contribution >= 0.6 is 7.92 Å². The standard InChI is InChI=1S/C19H35N2P.CH2O.Ru.H/c1-9-21(10-2)14-16-12-11-13-17(20-16)15-22(18(3,4)5)19(6,7)8;1-2;;/h11-13,15,20H,9-10,14H2,1-8H3;1H2;;/q;;+2;-1/b17-15+;;;. The topological polar surface area (TPSA) is 32.3 Å². The summed E-state index contributed by atoms with van der Waals surface area (Å²) in [4.78, 5) is 10.4. The molecule has 0 bridgehead atoms. The van der Waals surface area contributed by atoms with E-state index in [0.717, 1.165) is 19.6 Å². The quantitative estimate of drug-likeness (QED) is 0.457. The predicted octanol–water partition coefficient (Wildman–Crippen LogP) is 5.22. The average molecular weight is 455 g/mol. The Morgan fingerprint density at radius 3 is 2.00 bits per heavy atom. The zero-order valence-corrected chi connectivity index (χ0v) is 19.9. The molecular formula is C20H38N2OPRu+. The van der Waals surface area contributed by atoms with Crippen LogP contribution in [0.25, 0.3) is 0 Å². The minimum absolute atomic E-state index is 0. The van der Waals surface area contributed by atoms with Crippen molar-refractivity contribution in [2.45, 2.75) is 65.7 Å². The Morgan fingerprint density at radius 1 is 1.12 bits per heavy atom. The SMILES string of the molecule is C=O.CCN(CC)CC1=CC=C/C(=C\P(C(C)(C)C)C(C)(C)C)N1.[H-].[Ru+2]. The second-order valence-corrected chi connectivity index (χ2v) is 11.6. The van der Waals surface area contributed by atoms with Crippen LogP contribution in [-0.4, -0.2) is 41.6 Å². The van der Waals surface area contributed by atoms with E-state index in [1.165, 1.54) is 11.4 Å². The van der Waals surface area contributed by atoms with E-state index in [-0.39, 0.29) is 28.8 Å². The van der Waals surface area contributed by atoms with Crippen molar-refractivity contribution in [2.24, 2.45) is 0 Å². The van der Waals surface area contributed by atoms with Crippen LogP contribution in [0.1, 0.15) is 56.8 Å². The van der Waals surface area contributed by atoms with Crippen molar-refractivity contribution < 1.29 is 25.7 Å². The maximum atomic E-state index is 8.00. The number of carbonyl (C=O) groups is 1. The first-order valence-electron chi connectivity index (χ1n) is 8.74. The van der Waals surface area contributed by atoms with Crippen molar-refractivity contribution >= 4 is 14.7 Å². The number of hydrogen-bond donors (Lipinski definition) is 1. The van der Waals surface area contributed by atoms with Gasteiger partial charge in [-0.1, -0.05) is 69.4 Å². The van der Waals surface area contributed by atoms with Gasteiger partial charge in [0.25, 0.3) is 0 Å². The van der Waals surface area contributed by atoms with Crippen molar-refractivity contribution in [3.05, 3.63) is 35.4 Å². The Labute approximate surface area is 171 Å². The average Bonchev–Trinajstić information content (AvgIpc) is 2.50. The van der Waals surface area contributed by atoms with Gasteiger partial charge in [0.1, 0.15) is 6.79 Å². The summed E-state index contributed by atoms with van der Waals surface area (Å²) < 4.78 is 0. The molecule has 5 heteroatoms. The Kier molecular flexibility index (Phi) is 13.1. The Hall–Kier alpha value is -0.297. The number of rotatable bonds is 5. The first-order chi connectivity index (χ1) is 11.1. The van der Waals surface area contributed by atoms with Crippen LogP contribution in [0.15, 0.2) is 35.4 Å². The van der Waals surface area contributed by atoms with Crippen LogP contribution in [0.5, 0.6) is 0 Å². The second kappa shape index (κ2) is 12.2. The zero-order valence-electron chi connectivity index (χ0n) is 18.3. The summed E-state index contributed by atoms with van der Waals surface area (Å²) in [6.07, 6.45) is 6.59. The third kappa shape index (κ3) is 9.83. The van der Waals surface area contributed by atoms with Gasteiger partial charge in [-0.2, -0.15) is 0 Å². The molecule has 1 aliphatic rings. The number of likely N-dealkylation sites (N-methyl/N-ethyl adjacent to an activating group) is 1. The molecule has 1 rings (SSSR count). The van der Waals surface area contributed by atoms with Crippen LogP contribution < -0.4 is 5.32 Å². The molecule has 0 amide bonds. The van der Waals surface area contributed by atoms with Crippen molar-refractivity contribution in [1.82, 2.24) is 10.2 Å². The van der Waals surface area contributed by atoms with Gasteiger partial charge in [-0.15, -0.1) is 0 Å². The molecule has 3 nitrogen and oxygen atoms in total. The molecule has 146 valence electrons. The van der Waals surface area contributed by atoms with Crippen LogP contribution in [0.3, 0.4) is 0 Å². The zero-order chi connectivity index (χ0) is 19.0. The van der Waals surface area contributed by atoms with E-state index < -0.39 is 0 Å². The number of allylic oxidation sites excluding steroid dienone is 3. The number of nitrogens with one attached hydrogen (secondary N) is 1. The summed E-state index contributed by atoms with van der Waals surface area (Å²) in [5.41, 5.74) is 2.57. The molecule has 0 aromatic rings. The molecule has 0 aromatic carbocycles. The van der Waals surface area contributed by atoms with E-state index in [4.69, 9.17) is 4.79 Å². The first kappa shape index (κ1) is 26.9. The van der Waals surface area contributed by atoms with Crippen LogP contribution in [0.4, 0.5) is 0 Å². The predicted molar refractivity (Wildman–Crippen MR) is 111 cm³/mol. The number of nitrogens with zero attached hydrogens (tertiary/aromatic N) is 1. The molecule has 0 saturated heterocycles. The molecule has 0 spiro atoms. The molecule has 0 aliphatic carbocycles. The van der Waals surface area contributed by atoms with E-state index >= 15 is 0 Å². The maximum absolute atomic E-state index is 8.00. The van der Waals surface area contributed by atoms with Gasteiger partial charge in [-0.3, -0.25) is 4.90 Å². The molecule has 1 heterocycles. The molecule has 0 radical (unpaired) electrons. The molecule has 0 atom stereocenters. The van der Waals surface area contributed by atoms with Crippen LogP contribution in [0, 0.1) is 0 Å². The molecular weight excluding hydrogens is 416 g/mol. The third-order valence-electron chi connectivity index (χ3n) is 3.88. The summed E-state index contributed by atoms with van der Waals surface area (Å²) >= 11 is 0.